The average Bonchev–Trinajstić information content (AvgIpc) is 2.79. The third-order valence-electron chi connectivity index (χ3n) is 5.07. The number of primary amides is 1. The minimum Gasteiger partial charge on any atom is -0.378 e. The van der Waals surface area contributed by atoms with Gasteiger partial charge in [0.15, 0.2) is 11.5 Å². The van der Waals surface area contributed by atoms with Crippen molar-refractivity contribution in [3.8, 4) is 0 Å². The fraction of sp³-hybridized carbons (Fsp3) is 0.429. The van der Waals surface area contributed by atoms with Gasteiger partial charge < -0.3 is 37.1 Å². The average molecular weight is 455 g/mol. The molecule has 1 saturated heterocycles. The number of nitrogens with zero attached hydrogens (tertiary/aromatic N) is 5. The summed E-state index contributed by atoms with van der Waals surface area (Å²) in [5.74, 6) is -0.0274. The van der Waals surface area contributed by atoms with E-state index in [1.54, 1.807) is 6.07 Å². The molecule has 0 bridgehead atoms. The molecule has 2 aromatic rings. The molecule has 1 aliphatic rings. The lowest BCUT2D eigenvalue weighted by molar-refractivity contribution is 0.0996. The van der Waals surface area contributed by atoms with Crippen LogP contribution in [-0.4, -0.2) is 67.0 Å². The molecule has 12 heteroatoms. The first-order chi connectivity index (χ1) is 15.9. The van der Waals surface area contributed by atoms with Crippen molar-refractivity contribution in [1.82, 2.24) is 9.97 Å². The Hall–Kier alpha value is -3.64. The van der Waals surface area contributed by atoms with Crippen molar-refractivity contribution < 1.29 is 9.53 Å². The number of ether oxygens (including phenoxy) is 1. The smallest absolute Gasteiger partial charge is 0.271 e. The molecular weight excluding hydrogens is 424 g/mol. The summed E-state index contributed by atoms with van der Waals surface area (Å²) in [6.07, 6.45) is 2.62. The van der Waals surface area contributed by atoms with E-state index in [-0.39, 0.29) is 30.1 Å². The fourth-order valence-corrected chi connectivity index (χ4v) is 3.12. The number of anilines is 4. The quantitative estimate of drug-likeness (QED) is 0.267. The van der Waals surface area contributed by atoms with E-state index in [9.17, 15) is 4.79 Å². The number of rotatable bonds is 10. The molecule has 2 atom stereocenters. The molecule has 0 saturated carbocycles. The first-order valence-corrected chi connectivity index (χ1v) is 10.7. The maximum Gasteiger partial charge on any atom is 0.271 e. The third kappa shape index (κ3) is 6.67. The molecule has 176 valence electrons. The summed E-state index contributed by atoms with van der Waals surface area (Å²) >= 11 is 0. The number of nitrogens with two attached hydrogens (primary N) is 2. The molecule has 0 spiro atoms. The second-order valence-electron chi connectivity index (χ2n) is 7.70. The standard InChI is InChI=1S/C21H30N10O2/c1-13(23)14(2)27-18-12-25-19(20(24)32)21(29-18)28-15-9-16(30-26-4-3-22)11-17(10-15)31-5-7-33-8-6-31/h3,9-14,22H,4-8,23H2,1-2H3,(H2,24,32)(H2,27,28,29). The van der Waals surface area contributed by atoms with Gasteiger partial charge >= 0.3 is 0 Å². The van der Waals surface area contributed by atoms with E-state index < -0.39 is 5.91 Å². The van der Waals surface area contributed by atoms with E-state index in [0.717, 1.165) is 18.8 Å². The van der Waals surface area contributed by atoms with Gasteiger partial charge in [-0.05, 0) is 32.0 Å². The number of aromatic nitrogens is 2. The number of nitrogens with one attached hydrogen (secondary N) is 3. The van der Waals surface area contributed by atoms with Crippen LogP contribution in [-0.2, 0) is 4.74 Å². The summed E-state index contributed by atoms with van der Waals surface area (Å²) in [5, 5.41) is 21.7. The number of carbonyl (C=O) groups excluding carboxylic acids is 1. The largest absolute Gasteiger partial charge is 0.378 e. The summed E-state index contributed by atoms with van der Waals surface area (Å²) < 4.78 is 5.45. The highest BCUT2D eigenvalue weighted by atomic mass is 16.5. The van der Waals surface area contributed by atoms with Crippen LogP contribution >= 0.6 is 0 Å². The number of azo groups is 1. The summed E-state index contributed by atoms with van der Waals surface area (Å²) in [5.41, 5.74) is 13.6. The van der Waals surface area contributed by atoms with Crippen LogP contribution in [0, 0.1) is 5.41 Å². The highest BCUT2D eigenvalue weighted by Crippen LogP contribution is 2.30. The van der Waals surface area contributed by atoms with E-state index in [2.05, 4.69) is 35.7 Å². The molecule has 1 aromatic heterocycles. The zero-order valence-corrected chi connectivity index (χ0v) is 18.8. The van der Waals surface area contributed by atoms with Crippen LogP contribution < -0.4 is 27.0 Å². The lowest BCUT2D eigenvalue weighted by atomic mass is 10.2. The van der Waals surface area contributed by atoms with Gasteiger partial charge in [-0.25, -0.2) is 9.97 Å². The summed E-state index contributed by atoms with van der Waals surface area (Å²) in [4.78, 5) is 22.8. The molecule has 3 rings (SSSR count). The Bertz CT molecular complexity index is 1000. The normalized spacial score (nSPS) is 15.8. The van der Waals surface area contributed by atoms with E-state index >= 15 is 0 Å². The molecule has 12 nitrogen and oxygen atoms in total. The highest BCUT2D eigenvalue weighted by molar-refractivity contribution is 5.96. The first-order valence-electron chi connectivity index (χ1n) is 10.7. The van der Waals surface area contributed by atoms with Crippen LogP contribution in [0.2, 0.25) is 0 Å². The number of hydrogen-bond acceptors (Lipinski definition) is 11. The number of amides is 1. The minimum atomic E-state index is -0.702. The molecule has 1 amide bonds. The zero-order chi connectivity index (χ0) is 23.8. The Morgan fingerprint density at radius 3 is 2.76 bits per heavy atom. The van der Waals surface area contributed by atoms with Gasteiger partial charge in [-0.3, -0.25) is 4.79 Å². The molecule has 0 radical (unpaired) electrons. The van der Waals surface area contributed by atoms with Crippen LogP contribution in [0.4, 0.5) is 28.7 Å². The Morgan fingerprint density at radius 2 is 2.09 bits per heavy atom. The third-order valence-corrected chi connectivity index (χ3v) is 5.07. The molecule has 7 N–H and O–H groups in total. The van der Waals surface area contributed by atoms with Gasteiger partial charge in [-0.15, -0.1) is 0 Å². The summed E-state index contributed by atoms with van der Waals surface area (Å²) in [7, 11) is 0. The molecule has 1 aliphatic heterocycles. The van der Waals surface area contributed by atoms with Crippen molar-refractivity contribution in [3.05, 3.63) is 30.1 Å². The van der Waals surface area contributed by atoms with Crippen LogP contribution in [0.3, 0.4) is 0 Å². The van der Waals surface area contributed by atoms with Gasteiger partial charge in [0.05, 0.1) is 31.6 Å². The van der Waals surface area contributed by atoms with E-state index in [1.807, 2.05) is 26.0 Å². The summed E-state index contributed by atoms with van der Waals surface area (Å²) in [6, 6.07) is 5.44. The molecule has 0 aliphatic carbocycles. The predicted octanol–water partition coefficient (Wildman–Crippen LogP) is 2.04. The van der Waals surface area contributed by atoms with Crippen molar-refractivity contribution in [2.75, 3.05) is 48.4 Å². The van der Waals surface area contributed by atoms with Crippen molar-refractivity contribution in [1.29, 1.82) is 5.41 Å². The van der Waals surface area contributed by atoms with Crippen LogP contribution in [0.5, 0.6) is 0 Å². The minimum absolute atomic E-state index is 0.0118. The Labute approximate surface area is 192 Å². The summed E-state index contributed by atoms with van der Waals surface area (Å²) in [6.45, 7) is 6.74. The monoisotopic (exact) mass is 454 g/mol. The van der Waals surface area contributed by atoms with Gasteiger partial charge in [-0.2, -0.15) is 10.2 Å². The molecule has 1 aromatic carbocycles. The van der Waals surface area contributed by atoms with Gasteiger partial charge in [0.25, 0.3) is 5.91 Å². The van der Waals surface area contributed by atoms with E-state index in [0.29, 0.717) is 30.4 Å². The van der Waals surface area contributed by atoms with Crippen LogP contribution in [0.1, 0.15) is 24.3 Å². The maximum atomic E-state index is 12.0. The van der Waals surface area contributed by atoms with Crippen molar-refractivity contribution in [2.24, 2.45) is 21.7 Å². The SMILES string of the molecule is CC(N)C(C)Nc1cnc(C(N)=O)c(Nc2cc(N=NCC=N)cc(N3CCOCC3)c2)n1. The van der Waals surface area contributed by atoms with Gasteiger partial charge in [0.1, 0.15) is 5.82 Å². The van der Waals surface area contributed by atoms with Crippen molar-refractivity contribution in [3.63, 3.8) is 0 Å². The highest BCUT2D eigenvalue weighted by Gasteiger charge is 2.17. The predicted molar refractivity (Wildman–Crippen MR) is 128 cm³/mol. The lowest BCUT2D eigenvalue weighted by Gasteiger charge is -2.29. The van der Waals surface area contributed by atoms with Gasteiger partial charge in [0.2, 0.25) is 0 Å². The maximum absolute atomic E-state index is 12.0. The Kier molecular flexibility index (Phi) is 8.22. The molecule has 1 fully saturated rings. The molecule has 2 unspecified atom stereocenters. The van der Waals surface area contributed by atoms with Crippen LogP contribution in [0.15, 0.2) is 34.6 Å². The number of morpholine rings is 1. The van der Waals surface area contributed by atoms with E-state index in [4.69, 9.17) is 21.6 Å². The number of carbonyl (C=O) groups is 1. The number of benzene rings is 1. The molecular formula is C21H30N10O2. The molecule has 2 heterocycles. The molecule has 33 heavy (non-hydrogen) atoms. The second kappa shape index (κ2) is 11.3. The fourth-order valence-electron chi connectivity index (χ4n) is 3.12. The van der Waals surface area contributed by atoms with Gasteiger partial charge in [-0.1, -0.05) is 0 Å². The first kappa shape index (κ1) is 24.0. The zero-order valence-electron chi connectivity index (χ0n) is 18.8. The second-order valence-corrected chi connectivity index (χ2v) is 7.70. The van der Waals surface area contributed by atoms with Crippen molar-refractivity contribution in [2.45, 2.75) is 25.9 Å². The topological polar surface area (TPSA) is 180 Å². The Balaban J connectivity index is 1.96. The lowest BCUT2D eigenvalue weighted by Crippen LogP contribution is -2.36. The number of hydrogen-bond donors (Lipinski definition) is 5. The van der Waals surface area contributed by atoms with Crippen molar-refractivity contribution >= 4 is 40.8 Å². The van der Waals surface area contributed by atoms with E-state index in [1.165, 1.54) is 12.4 Å². The van der Waals surface area contributed by atoms with Gasteiger partial charge in [0, 0.05) is 42.8 Å². The Morgan fingerprint density at radius 1 is 1.33 bits per heavy atom. The van der Waals surface area contributed by atoms with Crippen LogP contribution in [0.25, 0.3) is 0 Å².